The van der Waals surface area contributed by atoms with Crippen molar-refractivity contribution in [2.45, 2.75) is 19.6 Å². The number of hydrogen-bond acceptors (Lipinski definition) is 4. The van der Waals surface area contributed by atoms with Crippen molar-refractivity contribution < 1.29 is 27.5 Å². The summed E-state index contributed by atoms with van der Waals surface area (Å²) in [7, 11) is 0. The molecule has 9 heteroatoms. The number of benzene rings is 1. The Morgan fingerprint density at radius 3 is 2.63 bits per heavy atom. The Morgan fingerprint density at radius 2 is 2.00 bits per heavy atom. The number of carbonyl (C=O) groups is 1. The van der Waals surface area contributed by atoms with E-state index in [0.29, 0.717) is 17.5 Å². The monoisotopic (exact) mass is 375 g/mol. The van der Waals surface area contributed by atoms with Crippen LogP contribution in [0.25, 0.3) is 21.9 Å². The second kappa shape index (κ2) is 5.83. The number of aryl methyl sites for hydroxylation is 1. The van der Waals surface area contributed by atoms with E-state index in [1.54, 1.807) is 37.6 Å². The van der Waals surface area contributed by atoms with Gasteiger partial charge >= 0.3 is 12.1 Å². The van der Waals surface area contributed by atoms with E-state index in [1.165, 1.54) is 10.7 Å². The molecule has 3 heterocycles. The molecule has 0 spiro atoms. The summed E-state index contributed by atoms with van der Waals surface area (Å²) in [5, 5.41) is 13.6. The lowest BCUT2D eigenvalue weighted by atomic mass is 10.0. The first kappa shape index (κ1) is 17.1. The second-order valence-corrected chi connectivity index (χ2v) is 6.12. The largest absolute Gasteiger partial charge is 0.475 e. The SMILES string of the molecule is Cc1cc2oc(C(=O)O)c(C(F)(F)F)c2c2nn(Cc3ccncc3)cc12. The third kappa shape index (κ3) is 2.80. The Hall–Kier alpha value is -3.36. The zero-order valence-corrected chi connectivity index (χ0v) is 13.9. The van der Waals surface area contributed by atoms with Gasteiger partial charge in [0.15, 0.2) is 0 Å². The maximum absolute atomic E-state index is 13.6. The summed E-state index contributed by atoms with van der Waals surface area (Å²) in [6, 6.07) is 4.95. The van der Waals surface area contributed by atoms with Gasteiger partial charge in [0.05, 0.1) is 11.9 Å². The average Bonchev–Trinajstić information content (AvgIpc) is 3.17. The Labute approximate surface area is 149 Å². The van der Waals surface area contributed by atoms with E-state index in [2.05, 4.69) is 10.1 Å². The van der Waals surface area contributed by atoms with E-state index >= 15 is 0 Å². The molecule has 0 radical (unpaired) electrons. The molecule has 0 bridgehead atoms. The summed E-state index contributed by atoms with van der Waals surface area (Å²) >= 11 is 0. The highest BCUT2D eigenvalue weighted by Crippen LogP contribution is 2.42. The first-order valence-electron chi connectivity index (χ1n) is 7.88. The number of carboxylic acid groups (broad SMARTS) is 1. The summed E-state index contributed by atoms with van der Waals surface area (Å²) in [6.45, 7) is 2.04. The van der Waals surface area contributed by atoms with Crippen molar-refractivity contribution >= 4 is 27.8 Å². The van der Waals surface area contributed by atoms with E-state index in [-0.39, 0.29) is 16.5 Å². The van der Waals surface area contributed by atoms with Crippen LogP contribution in [0, 0.1) is 6.92 Å². The zero-order valence-electron chi connectivity index (χ0n) is 13.9. The van der Waals surface area contributed by atoms with Crippen molar-refractivity contribution in [2.24, 2.45) is 0 Å². The molecule has 6 nitrogen and oxygen atoms in total. The number of aromatic nitrogens is 3. The predicted molar refractivity (Wildman–Crippen MR) is 89.5 cm³/mol. The van der Waals surface area contributed by atoms with Gasteiger partial charge in [-0.15, -0.1) is 0 Å². The molecule has 0 saturated carbocycles. The molecule has 0 fully saturated rings. The van der Waals surface area contributed by atoms with Crippen LogP contribution in [-0.4, -0.2) is 25.8 Å². The smallest absolute Gasteiger partial charge is 0.421 e. The Morgan fingerprint density at radius 1 is 1.30 bits per heavy atom. The van der Waals surface area contributed by atoms with Gasteiger partial charge in [-0.2, -0.15) is 18.3 Å². The summed E-state index contributed by atoms with van der Waals surface area (Å²) in [5.74, 6) is -2.91. The topological polar surface area (TPSA) is 81.1 Å². The first-order chi connectivity index (χ1) is 12.8. The quantitative estimate of drug-likeness (QED) is 0.579. The molecular formula is C18H12F3N3O3. The number of hydrogen-bond donors (Lipinski definition) is 1. The van der Waals surface area contributed by atoms with Gasteiger partial charge in [0.1, 0.15) is 16.7 Å². The van der Waals surface area contributed by atoms with Crippen LogP contribution in [0.2, 0.25) is 0 Å². The minimum absolute atomic E-state index is 0.0580. The van der Waals surface area contributed by atoms with Crippen molar-refractivity contribution in [3.63, 3.8) is 0 Å². The lowest BCUT2D eigenvalue weighted by Gasteiger charge is -2.05. The lowest BCUT2D eigenvalue weighted by molar-refractivity contribution is -0.137. The molecule has 3 aromatic heterocycles. The van der Waals surface area contributed by atoms with Crippen molar-refractivity contribution in [1.82, 2.24) is 14.8 Å². The van der Waals surface area contributed by atoms with E-state index in [0.717, 1.165) is 5.56 Å². The highest BCUT2D eigenvalue weighted by atomic mass is 19.4. The fourth-order valence-corrected chi connectivity index (χ4v) is 3.13. The van der Waals surface area contributed by atoms with Gasteiger partial charge in [0.25, 0.3) is 0 Å². The van der Waals surface area contributed by atoms with Crippen LogP contribution in [0.5, 0.6) is 0 Å². The fourth-order valence-electron chi connectivity index (χ4n) is 3.13. The first-order valence-corrected chi connectivity index (χ1v) is 7.88. The minimum Gasteiger partial charge on any atom is -0.475 e. The highest BCUT2D eigenvalue weighted by molar-refractivity contribution is 6.09. The molecule has 0 aliphatic carbocycles. The predicted octanol–water partition coefficient (Wildman–Crippen LogP) is 4.25. The number of furan rings is 1. The number of rotatable bonds is 3. The molecule has 0 atom stereocenters. The lowest BCUT2D eigenvalue weighted by Crippen LogP contribution is -2.10. The molecule has 4 rings (SSSR count). The number of carboxylic acids is 1. The highest BCUT2D eigenvalue weighted by Gasteiger charge is 2.42. The van der Waals surface area contributed by atoms with E-state index in [4.69, 9.17) is 9.52 Å². The molecule has 0 aliphatic heterocycles. The van der Waals surface area contributed by atoms with Crippen LogP contribution < -0.4 is 0 Å². The second-order valence-electron chi connectivity index (χ2n) is 6.12. The number of fused-ring (bicyclic) bond motifs is 3. The van der Waals surface area contributed by atoms with Gasteiger partial charge in [-0.1, -0.05) is 0 Å². The maximum Gasteiger partial charge on any atom is 0.421 e. The van der Waals surface area contributed by atoms with Gasteiger partial charge < -0.3 is 9.52 Å². The third-order valence-corrected chi connectivity index (χ3v) is 4.28. The Kier molecular flexibility index (Phi) is 3.69. The van der Waals surface area contributed by atoms with Gasteiger partial charge in [-0.25, -0.2) is 4.79 Å². The van der Waals surface area contributed by atoms with Gasteiger partial charge in [-0.3, -0.25) is 9.67 Å². The summed E-state index contributed by atoms with van der Waals surface area (Å²) in [4.78, 5) is 15.2. The molecule has 27 heavy (non-hydrogen) atoms. The fraction of sp³-hybridized carbons (Fsp3) is 0.167. The van der Waals surface area contributed by atoms with Crippen molar-refractivity contribution in [3.05, 3.63) is 59.2 Å². The van der Waals surface area contributed by atoms with Crippen molar-refractivity contribution in [3.8, 4) is 0 Å². The van der Waals surface area contributed by atoms with Crippen LogP contribution >= 0.6 is 0 Å². The zero-order chi connectivity index (χ0) is 19.3. The summed E-state index contributed by atoms with van der Waals surface area (Å²) in [6.07, 6.45) is -0.0356. The molecule has 4 aromatic rings. The molecule has 0 aliphatic rings. The van der Waals surface area contributed by atoms with E-state index < -0.39 is 23.5 Å². The van der Waals surface area contributed by atoms with Crippen LogP contribution in [0.4, 0.5) is 13.2 Å². The van der Waals surface area contributed by atoms with E-state index in [1.807, 2.05) is 0 Å². The van der Waals surface area contributed by atoms with Gasteiger partial charge in [0, 0.05) is 24.0 Å². The van der Waals surface area contributed by atoms with Gasteiger partial charge in [0.2, 0.25) is 5.76 Å². The standard InChI is InChI=1S/C18H12F3N3O3/c1-9-6-12-13(14(18(19,20)21)16(27-12)17(25)26)15-11(9)8-24(23-15)7-10-2-4-22-5-3-10/h2-6,8H,7H2,1H3,(H,25,26). The van der Waals surface area contributed by atoms with E-state index in [9.17, 15) is 18.0 Å². The summed E-state index contributed by atoms with van der Waals surface area (Å²) < 4.78 is 47.3. The van der Waals surface area contributed by atoms with Crippen LogP contribution in [-0.2, 0) is 12.7 Å². The number of alkyl halides is 3. The molecule has 1 aromatic carbocycles. The number of pyridine rings is 1. The molecule has 1 N–H and O–H groups in total. The Balaban J connectivity index is 2.00. The molecule has 0 unspecified atom stereocenters. The minimum atomic E-state index is -4.89. The maximum atomic E-state index is 13.6. The normalized spacial score (nSPS) is 12.1. The van der Waals surface area contributed by atoms with Crippen molar-refractivity contribution in [2.75, 3.05) is 0 Å². The Bertz CT molecular complexity index is 1180. The molecule has 0 saturated heterocycles. The summed E-state index contributed by atoms with van der Waals surface area (Å²) in [5.41, 5.74) is 0.102. The van der Waals surface area contributed by atoms with Crippen LogP contribution in [0.1, 0.15) is 27.2 Å². The number of halogens is 3. The van der Waals surface area contributed by atoms with Crippen LogP contribution in [0.15, 0.2) is 41.2 Å². The number of nitrogens with zero attached hydrogens (tertiary/aromatic N) is 3. The molecular weight excluding hydrogens is 363 g/mol. The average molecular weight is 375 g/mol. The van der Waals surface area contributed by atoms with Crippen molar-refractivity contribution in [1.29, 1.82) is 0 Å². The van der Waals surface area contributed by atoms with Gasteiger partial charge in [-0.05, 0) is 36.2 Å². The van der Waals surface area contributed by atoms with Crippen LogP contribution in [0.3, 0.4) is 0 Å². The molecule has 0 amide bonds. The molecule has 138 valence electrons. The number of aromatic carboxylic acids is 1. The third-order valence-electron chi connectivity index (χ3n) is 4.28.